The first kappa shape index (κ1) is 29.1. The van der Waals surface area contributed by atoms with E-state index in [2.05, 4.69) is 21.9 Å². The van der Waals surface area contributed by atoms with Crippen molar-refractivity contribution in [1.29, 1.82) is 0 Å². The Morgan fingerprint density at radius 3 is 2.26 bits per heavy atom. The fourth-order valence-electron chi connectivity index (χ4n) is 6.17. The van der Waals surface area contributed by atoms with Gasteiger partial charge in [-0.3, -0.25) is 4.79 Å². The molecular formula is C33H40N6O3. The fraction of sp³-hybridized carbons (Fsp3) is 0.364. The van der Waals surface area contributed by atoms with Crippen LogP contribution in [0.15, 0.2) is 61.1 Å². The van der Waals surface area contributed by atoms with Gasteiger partial charge in [-0.25, -0.2) is 9.97 Å². The van der Waals surface area contributed by atoms with Gasteiger partial charge in [0.1, 0.15) is 35.5 Å². The molecule has 4 N–H and O–H groups in total. The number of ether oxygens (including phenoxy) is 2. The molecule has 1 spiro atoms. The summed E-state index contributed by atoms with van der Waals surface area (Å²) in [5.41, 5.74) is 16.5. The highest BCUT2D eigenvalue weighted by atomic mass is 16.5. The number of carbonyl (C=O) groups is 1. The highest BCUT2D eigenvalue weighted by molar-refractivity contribution is 6.04. The zero-order valence-corrected chi connectivity index (χ0v) is 25.1. The standard InChI is InChI=1S/C31H34N6O3.C2H6/c1-19-8-25(39-16-21-13-34-20(2)35-14-21)10-26(9-19)40-24-6-4-22(5-7-24)27-15-37(29(32)28(27)30(33)38)23-11-31(12-23)17-36(3)18-31;1-2/h4-10,13-15,23H,11-12,16-18,32H2,1-3H3,(H2,33,38);1-2H3. The topological polar surface area (TPSA) is 122 Å². The van der Waals surface area contributed by atoms with Crippen LogP contribution in [0.3, 0.4) is 0 Å². The predicted molar refractivity (Wildman–Crippen MR) is 165 cm³/mol. The molecule has 9 heteroatoms. The molecule has 1 saturated heterocycles. The van der Waals surface area contributed by atoms with E-state index in [0.29, 0.717) is 46.7 Å². The molecule has 1 aliphatic heterocycles. The molecule has 2 aromatic carbocycles. The Bertz CT molecular complexity index is 1550. The third kappa shape index (κ3) is 5.97. The van der Waals surface area contributed by atoms with Crippen LogP contribution in [0.25, 0.3) is 11.1 Å². The van der Waals surface area contributed by atoms with Gasteiger partial charge in [0.15, 0.2) is 0 Å². The number of rotatable bonds is 8. The highest BCUT2D eigenvalue weighted by Gasteiger charge is 2.52. The summed E-state index contributed by atoms with van der Waals surface area (Å²) in [6, 6.07) is 13.7. The van der Waals surface area contributed by atoms with Gasteiger partial charge in [0.05, 0.1) is 5.56 Å². The van der Waals surface area contributed by atoms with Gasteiger partial charge in [0.2, 0.25) is 0 Å². The summed E-state index contributed by atoms with van der Waals surface area (Å²) in [5, 5.41) is 0. The maximum atomic E-state index is 12.4. The number of aryl methyl sites for hydroxylation is 2. The Kier molecular flexibility index (Phi) is 8.22. The second kappa shape index (κ2) is 11.9. The van der Waals surface area contributed by atoms with Crippen LogP contribution in [-0.2, 0) is 6.61 Å². The van der Waals surface area contributed by atoms with Crippen molar-refractivity contribution in [2.45, 2.75) is 53.2 Å². The number of benzene rings is 2. The lowest BCUT2D eigenvalue weighted by molar-refractivity contribution is -0.0751. The molecule has 0 atom stereocenters. The zero-order valence-electron chi connectivity index (χ0n) is 25.1. The summed E-state index contributed by atoms with van der Waals surface area (Å²) < 4.78 is 14.2. The van der Waals surface area contributed by atoms with Gasteiger partial charge in [-0.15, -0.1) is 0 Å². The number of primary amides is 1. The highest BCUT2D eigenvalue weighted by Crippen LogP contribution is 2.55. The maximum absolute atomic E-state index is 12.4. The van der Waals surface area contributed by atoms with Crippen molar-refractivity contribution in [1.82, 2.24) is 19.4 Å². The van der Waals surface area contributed by atoms with Crippen LogP contribution in [-0.4, -0.2) is 45.5 Å². The number of hydrogen-bond acceptors (Lipinski definition) is 7. The molecule has 0 unspecified atom stereocenters. The van der Waals surface area contributed by atoms with Crippen molar-refractivity contribution in [3.05, 3.63) is 83.6 Å². The zero-order chi connectivity index (χ0) is 30.0. The lowest BCUT2D eigenvalue weighted by atomic mass is 9.61. The molecule has 42 heavy (non-hydrogen) atoms. The van der Waals surface area contributed by atoms with Gasteiger partial charge < -0.3 is 30.4 Å². The number of amides is 1. The van der Waals surface area contributed by atoms with Crippen LogP contribution < -0.4 is 20.9 Å². The van der Waals surface area contributed by atoms with E-state index >= 15 is 0 Å². The Morgan fingerprint density at radius 2 is 1.64 bits per heavy atom. The third-order valence-corrected chi connectivity index (χ3v) is 7.92. The van der Waals surface area contributed by atoms with Gasteiger partial charge in [0, 0.05) is 54.9 Å². The second-order valence-corrected chi connectivity index (χ2v) is 11.3. The van der Waals surface area contributed by atoms with E-state index < -0.39 is 5.91 Å². The molecule has 1 saturated carbocycles. The van der Waals surface area contributed by atoms with Crippen LogP contribution in [0.1, 0.15) is 60.0 Å². The molecule has 6 rings (SSSR count). The molecule has 2 fully saturated rings. The average molecular weight is 569 g/mol. The first-order chi connectivity index (χ1) is 20.2. The van der Waals surface area contributed by atoms with Crippen molar-refractivity contribution >= 4 is 11.7 Å². The Morgan fingerprint density at radius 1 is 1.00 bits per heavy atom. The number of nitrogens with zero attached hydrogens (tertiary/aromatic N) is 4. The first-order valence-electron chi connectivity index (χ1n) is 14.5. The molecule has 3 heterocycles. The van der Waals surface area contributed by atoms with Gasteiger partial charge in [0.25, 0.3) is 5.91 Å². The van der Waals surface area contributed by atoms with Crippen LogP contribution in [0.2, 0.25) is 0 Å². The van der Waals surface area contributed by atoms with E-state index in [4.69, 9.17) is 20.9 Å². The van der Waals surface area contributed by atoms with Crippen LogP contribution >= 0.6 is 0 Å². The van der Waals surface area contributed by atoms with E-state index in [1.165, 1.54) is 0 Å². The van der Waals surface area contributed by atoms with Crippen molar-refractivity contribution in [2.75, 3.05) is 25.9 Å². The molecule has 1 aliphatic carbocycles. The monoisotopic (exact) mass is 568 g/mol. The lowest BCUT2D eigenvalue weighted by Crippen LogP contribution is -2.60. The SMILES string of the molecule is CC.Cc1cc(OCc2cnc(C)nc2)cc(Oc2ccc(-c3cn(C4CC5(C4)CN(C)C5)c(N)c3C(N)=O)cc2)c1. The number of likely N-dealkylation sites (tertiary alicyclic amines) is 1. The van der Waals surface area contributed by atoms with Crippen molar-refractivity contribution < 1.29 is 14.3 Å². The van der Waals surface area contributed by atoms with Crippen LogP contribution in [0.5, 0.6) is 17.2 Å². The van der Waals surface area contributed by atoms with Gasteiger partial charge >= 0.3 is 0 Å². The summed E-state index contributed by atoms with van der Waals surface area (Å²) in [5.74, 6) is 2.67. The molecule has 9 nitrogen and oxygen atoms in total. The molecule has 0 bridgehead atoms. The first-order valence-corrected chi connectivity index (χ1v) is 14.5. The summed E-state index contributed by atoms with van der Waals surface area (Å²) in [4.78, 5) is 23.2. The van der Waals surface area contributed by atoms with Crippen LogP contribution in [0, 0.1) is 19.3 Å². The van der Waals surface area contributed by atoms with Crippen LogP contribution in [0.4, 0.5) is 5.82 Å². The van der Waals surface area contributed by atoms with E-state index in [-0.39, 0.29) is 0 Å². The Balaban J connectivity index is 0.00000173. The van der Waals surface area contributed by atoms with Crippen molar-refractivity contribution in [3.63, 3.8) is 0 Å². The quantitative estimate of drug-likeness (QED) is 0.271. The normalized spacial score (nSPS) is 15.7. The minimum absolute atomic E-state index is 0.291. The molecule has 2 aromatic heterocycles. The molecule has 4 aromatic rings. The molecule has 2 aliphatic rings. The largest absolute Gasteiger partial charge is 0.489 e. The minimum Gasteiger partial charge on any atom is -0.489 e. The Hall–Kier alpha value is -4.37. The number of nitrogen functional groups attached to an aromatic ring is 1. The predicted octanol–water partition coefficient (Wildman–Crippen LogP) is 5.91. The number of anilines is 1. The number of aromatic nitrogens is 3. The molecular weight excluding hydrogens is 528 g/mol. The summed E-state index contributed by atoms with van der Waals surface area (Å²) in [6.45, 7) is 10.4. The fourth-order valence-corrected chi connectivity index (χ4v) is 6.17. The lowest BCUT2D eigenvalue weighted by Gasteiger charge is -2.58. The number of carbonyl (C=O) groups excluding carboxylic acids is 1. The second-order valence-electron chi connectivity index (χ2n) is 11.3. The molecule has 220 valence electrons. The van der Waals surface area contributed by atoms with E-state index in [1.54, 1.807) is 12.4 Å². The third-order valence-electron chi connectivity index (χ3n) is 7.92. The van der Waals surface area contributed by atoms with E-state index in [1.807, 2.05) is 80.9 Å². The summed E-state index contributed by atoms with van der Waals surface area (Å²) >= 11 is 0. The minimum atomic E-state index is -0.520. The van der Waals surface area contributed by atoms with Gasteiger partial charge in [-0.05, 0) is 74.5 Å². The van der Waals surface area contributed by atoms with Crippen molar-refractivity contribution in [2.24, 2.45) is 11.1 Å². The smallest absolute Gasteiger partial charge is 0.253 e. The van der Waals surface area contributed by atoms with Gasteiger partial charge in [-0.1, -0.05) is 26.0 Å². The van der Waals surface area contributed by atoms with Crippen molar-refractivity contribution in [3.8, 4) is 28.4 Å². The summed E-state index contributed by atoms with van der Waals surface area (Å²) in [7, 11) is 2.15. The average Bonchev–Trinajstić information content (AvgIpc) is 3.27. The van der Waals surface area contributed by atoms with E-state index in [0.717, 1.165) is 54.0 Å². The number of hydrogen-bond donors (Lipinski definition) is 2. The van der Waals surface area contributed by atoms with Gasteiger partial charge in [-0.2, -0.15) is 0 Å². The number of nitrogens with two attached hydrogens (primary N) is 2. The summed E-state index contributed by atoms with van der Waals surface area (Å²) in [6.07, 6.45) is 7.65. The molecule has 1 amide bonds. The Labute approximate surface area is 247 Å². The van der Waals surface area contributed by atoms with E-state index in [9.17, 15) is 4.79 Å². The molecule has 0 radical (unpaired) electrons. The maximum Gasteiger partial charge on any atom is 0.253 e.